The highest BCUT2D eigenvalue weighted by Gasteiger charge is 2.19. The second kappa shape index (κ2) is 11.1. The monoisotopic (exact) mass is 438 g/mol. The second-order valence-corrected chi connectivity index (χ2v) is 6.38. The lowest BCUT2D eigenvalue weighted by Crippen LogP contribution is -2.43. The zero-order chi connectivity index (χ0) is 15.8. The Kier molecular flexibility index (Phi) is 9.85. The fraction of sp³-hybridized carbons (Fsp3) is 0.875. The van der Waals surface area contributed by atoms with Crippen molar-refractivity contribution in [3.63, 3.8) is 0 Å². The van der Waals surface area contributed by atoms with Gasteiger partial charge in [0.1, 0.15) is 0 Å². The van der Waals surface area contributed by atoms with E-state index in [1.54, 1.807) is 7.05 Å². The maximum absolute atomic E-state index is 11.9. The minimum Gasteiger partial charge on any atom is -0.381 e. The molecule has 1 unspecified atom stereocenters. The maximum atomic E-state index is 11.9. The second-order valence-electron chi connectivity index (χ2n) is 6.38. The number of ether oxygens (including phenoxy) is 1. The third kappa shape index (κ3) is 7.24. The molecule has 0 aromatic carbocycles. The number of aliphatic imine (C=N–C) groups is 1. The zero-order valence-corrected chi connectivity index (χ0v) is 16.7. The van der Waals surface area contributed by atoms with Gasteiger partial charge in [-0.15, -0.1) is 24.0 Å². The first kappa shape index (κ1) is 20.5. The molecule has 23 heavy (non-hydrogen) atoms. The Bertz CT molecular complexity index is 380. The molecular weight excluding hydrogens is 407 g/mol. The van der Waals surface area contributed by atoms with E-state index in [1.165, 1.54) is 12.8 Å². The molecule has 1 atom stereocenters. The first-order valence-corrected chi connectivity index (χ1v) is 8.48. The lowest BCUT2D eigenvalue weighted by atomic mass is 10.1. The Balaban J connectivity index is 0.00000264. The molecule has 2 aliphatic rings. The van der Waals surface area contributed by atoms with E-state index in [0.717, 1.165) is 45.0 Å². The number of rotatable bonds is 6. The summed E-state index contributed by atoms with van der Waals surface area (Å²) in [7, 11) is 3.81. The molecule has 2 N–H and O–H groups in total. The van der Waals surface area contributed by atoms with Gasteiger partial charge in [-0.25, -0.2) is 0 Å². The predicted octanol–water partition coefficient (Wildman–Crippen LogP) is 1.60. The van der Waals surface area contributed by atoms with E-state index < -0.39 is 0 Å². The van der Waals surface area contributed by atoms with Gasteiger partial charge in [-0.2, -0.15) is 0 Å². The molecule has 0 radical (unpaired) electrons. The summed E-state index contributed by atoms with van der Waals surface area (Å²) in [5, 5.41) is 6.38. The van der Waals surface area contributed by atoms with Crippen LogP contribution in [0.4, 0.5) is 0 Å². The van der Waals surface area contributed by atoms with Crippen LogP contribution in [0.25, 0.3) is 0 Å². The normalized spacial score (nSPS) is 21.8. The third-order valence-corrected chi connectivity index (χ3v) is 4.48. The molecule has 7 heteroatoms. The van der Waals surface area contributed by atoms with Crippen molar-refractivity contribution in [2.45, 2.75) is 44.6 Å². The number of carbonyl (C=O) groups is 1. The van der Waals surface area contributed by atoms with Crippen LogP contribution < -0.4 is 10.6 Å². The van der Waals surface area contributed by atoms with Gasteiger partial charge in [-0.05, 0) is 19.3 Å². The highest BCUT2D eigenvalue weighted by molar-refractivity contribution is 14.0. The van der Waals surface area contributed by atoms with Crippen molar-refractivity contribution in [2.75, 3.05) is 40.4 Å². The molecular formula is C16H31IN4O2. The van der Waals surface area contributed by atoms with Crippen LogP contribution in [0.5, 0.6) is 0 Å². The summed E-state index contributed by atoms with van der Waals surface area (Å²) in [4.78, 5) is 18.3. The standard InChI is InChI=1S/C16H30N4O2.HI/c1-17-16(20(2)11-13-8-10-22-12-13)18-9-7-15(21)19-14-5-3-4-6-14;/h13-14H,3-12H2,1-2H3,(H,17,18)(H,19,21);1H. The molecule has 134 valence electrons. The molecule has 0 aromatic heterocycles. The van der Waals surface area contributed by atoms with Crippen molar-refractivity contribution in [2.24, 2.45) is 10.9 Å². The van der Waals surface area contributed by atoms with Gasteiger partial charge in [-0.1, -0.05) is 12.8 Å². The zero-order valence-electron chi connectivity index (χ0n) is 14.3. The average Bonchev–Trinajstić information content (AvgIpc) is 3.17. The molecule has 6 nitrogen and oxygen atoms in total. The van der Waals surface area contributed by atoms with E-state index in [9.17, 15) is 4.79 Å². The van der Waals surface area contributed by atoms with Gasteiger partial charge in [0.15, 0.2) is 5.96 Å². The molecule has 2 rings (SSSR count). The number of carbonyl (C=O) groups excluding carboxylic acids is 1. The van der Waals surface area contributed by atoms with E-state index in [0.29, 0.717) is 24.9 Å². The number of hydrogen-bond acceptors (Lipinski definition) is 3. The van der Waals surface area contributed by atoms with Crippen LogP contribution in [0.3, 0.4) is 0 Å². The van der Waals surface area contributed by atoms with Crippen LogP contribution in [-0.4, -0.2) is 63.2 Å². The lowest BCUT2D eigenvalue weighted by molar-refractivity contribution is -0.121. The van der Waals surface area contributed by atoms with Gasteiger partial charge in [0.05, 0.1) is 6.61 Å². The van der Waals surface area contributed by atoms with E-state index >= 15 is 0 Å². The molecule has 0 aromatic rings. The number of guanidine groups is 1. The lowest BCUT2D eigenvalue weighted by Gasteiger charge is -2.24. The summed E-state index contributed by atoms with van der Waals surface area (Å²) >= 11 is 0. The first-order valence-electron chi connectivity index (χ1n) is 8.48. The summed E-state index contributed by atoms with van der Waals surface area (Å²) in [6.07, 6.45) is 6.36. The Labute approximate surface area is 156 Å². The van der Waals surface area contributed by atoms with E-state index in [4.69, 9.17) is 4.74 Å². The highest BCUT2D eigenvalue weighted by Crippen LogP contribution is 2.17. The van der Waals surface area contributed by atoms with Crippen molar-refractivity contribution < 1.29 is 9.53 Å². The Hall–Kier alpha value is -0.570. The molecule has 1 saturated heterocycles. The summed E-state index contributed by atoms with van der Waals surface area (Å²) < 4.78 is 5.41. The SMILES string of the molecule is CN=C(NCCC(=O)NC1CCCC1)N(C)CC1CCOC1.I. The number of hydrogen-bond donors (Lipinski definition) is 2. The first-order chi connectivity index (χ1) is 10.7. The molecule has 1 amide bonds. The summed E-state index contributed by atoms with van der Waals surface area (Å²) in [6, 6.07) is 0.400. The van der Waals surface area contributed by atoms with Crippen molar-refractivity contribution in [3.8, 4) is 0 Å². The predicted molar refractivity (Wildman–Crippen MR) is 103 cm³/mol. The van der Waals surface area contributed by atoms with Crippen LogP contribution in [0.1, 0.15) is 38.5 Å². The molecule has 1 aliphatic carbocycles. The number of nitrogens with zero attached hydrogens (tertiary/aromatic N) is 2. The Morgan fingerprint density at radius 2 is 2.04 bits per heavy atom. The van der Waals surface area contributed by atoms with Crippen molar-refractivity contribution in [1.29, 1.82) is 0 Å². The smallest absolute Gasteiger partial charge is 0.221 e. The van der Waals surface area contributed by atoms with Crippen LogP contribution in [0.15, 0.2) is 4.99 Å². The molecule has 1 heterocycles. The van der Waals surface area contributed by atoms with Gasteiger partial charge < -0.3 is 20.3 Å². The Morgan fingerprint density at radius 1 is 1.30 bits per heavy atom. The fourth-order valence-electron chi connectivity index (χ4n) is 3.24. The average molecular weight is 438 g/mol. The van der Waals surface area contributed by atoms with Gasteiger partial charge in [0, 0.05) is 52.2 Å². The summed E-state index contributed by atoms with van der Waals surface area (Å²) in [5.41, 5.74) is 0. The molecule has 0 bridgehead atoms. The van der Waals surface area contributed by atoms with Crippen molar-refractivity contribution in [1.82, 2.24) is 15.5 Å². The van der Waals surface area contributed by atoms with Gasteiger partial charge in [-0.3, -0.25) is 9.79 Å². The molecule has 1 saturated carbocycles. The third-order valence-electron chi connectivity index (χ3n) is 4.48. The maximum Gasteiger partial charge on any atom is 0.221 e. The van der Waals surface area contributed by atoms with Crippen LogP contribution in [0.2, 0.25) is 0 Å². The van der Waals surface area contributed by atoms with Gasteiger partial charge in [0.25, 0.3) is 0 Å². The van der Waals surface area contributed by atoms with Crippen LogP contribution in [-0.2, 0) is 9.53 Å². The van der Waals surface area contributed by atoms with Gasteiger partial charge in [0.2, 0.25) is 5.91 Å². The van der Waals surface area contributed by atoms with Crippen molar-refractivity contribution in [3.05, 3.63) is 0 Å². The minimum absolute atomic E-state index is 0. The molecule has 1 aliphatic heterocycles. The van der Waals surface area contributed by atoms with E-state index in [1.807, 2.05) is 7.05 Å². The molecule has 2 fully saturated rings. The van der Waals surface area contributed by atoms with E-state index in [-0.39, 0.29) is 29.9 Å². The number of amides is 1. The Morgan fingerprint density at radius 3 is 2.65 bits per heavy atom. The number of nitrogens with one attached hydrogen (secondary N) is 2. The highest BCUT2D eigenvalue weighted by atomic mass is 127. The number of halogens is 1. The van der Waals surface area contributed by atoms with Gasteiger partial charge >= 0.3 is 0 Å². The fourth-order valence-corrected chi connectivity index (χ4v) is 3.24. The summed E-state index contributed by atoms with van der Waals surface area (Å²) in [6.45, 7) is 3.27. The minimum atomic E-state index is 0. The topological polar surface area (TPSA) is 66.0 Å². The van der Waals surface area contributed by atoms with E-state index in [2.05, 4.69) is 20.5 Å². The van der Waals surface area contributed by atoms with Crippen LogP contribution >= 0.6 is 24.0 Å². The largest absolute Gasteiger partial charge is 0.381 e. The van der Waals surface area contributed by atoms with Crippen molar-refractivity contribution >= 4 is 35.8 Å². The summed E-state index contributed by atoms with van der Waals surface area (Å²) in [5.74, 6) is 1.57. The quantitative estimate of drug-likeness (QED) is 0.376. The molecule has 0 spiro atoms. The van der Waals surface area contributed by atoms with Crippen LogP contribution in [0, 0.1) is 5.92 Å².